The molecule has 1 amide bonds. The van der Waals surface area contributed by atoms with E-state index in [-0.39, 0.29) is 40.0 Å². The van der Waals surface area contributed by atoms with Crippen LogP contribution >= 0.6 is 11.6 Å². The Balaban J connectivity index is 1.57. The van der Waals surface area contributed by atoms with E-state index in [9.17, 15) is 22.0 Å². The molecule has 2 heterocycles. The molecule has 0 saturated carbocycles. The number of rotatable bonds is 8. The predicted octanol–water partition coefficient (Wildman–Crippen LogP) is 3.99. The lowest BCUT2D eigenvalue weighted by Gasteiger charge is -2.12. The lowest BCUT2D eigenvalue weighted by molar-refractivity contribution is 0.102. The van der Waals surface area contributed by atoms with Crippen LogP contribution in [0.5, 0.6) is 5.75 Å². The molecular weight excluding hydrogens is 508 g/mol. The minimum atomic E-state index is -3.57. The fraction of sp³-hybridized carbons (Fsp3) is 0.0952. The van der Waals surface area contributed by atoms with Gasteiger partial charge in [-0.1, -0.05) is 11.6 Å². The molecule has 0 atom stereocenters. The Kier molecular flexibility index (Phi) is 6.71. The third-order valence-corrected chi connectivity index (χ3v) is 5.20. The zero-order valence-corrected chi connectivity index (χ0v) is 19.4. The van der Waals surface area contributed by atoms with Gasteiger partial charge in [0.05, 0.1) is 29.9 Å². The highest BCUT2D eigenvalue weighted by Crippen LogP contribution is 2.29. The summed E-state index contributed by atoms with van der Waals surface area (Å²) in [7, 11) is -3.57. The predicted molar refractivity (Wildman–Crippen MR) is 122 cm³/mol. The van der Waals surface area contributed by atoms with Crippen molar-refractivity contribution >= 4 is 38.9 Å². The van der Waals surface area contributed by atoms with Gasteiger partial charge in [-0.3, -0.25) is 9.52 Å². The molecule has 4 rings (SSSR count). The first kappa shape index (κ1) is 24.2. The molecule has 0 bridgehead atoms. The number of benzene rings is 2. The van der Waals surface area contributed by atoms with Crippen molar-refractivity contribution in [2.45, 2.75) is 6.61 Å². The summed E-state index contributed by atoms with van der Waals surface area (Å²) in [6.45, 7) is -0.150. The van der Waals surface area contributed by atoms with Crippen molar-refractivity contribution in [2.24, 2.45) is 0 Å². The summed E-state index contributed by atoms with van der Waals surface area (Å²) in [6.07, 6.45) is 5.92. The maximum Gasteiger partial charge on any atom is 0.258 e. The topological polar surface area (TPSA) is 128 Å². The van der Waals surface area contributed by atoms with Gasteiger partial charge < -0.3 is 14.5 Å². The fourth-order valence-corrected chi connectivity index (χ4v) is 3.82. The van der Waals surface area contributed by atoms with E-state index in [4.69, 9.17) is 20.8 Å². The molecule has 2 N–H and O–H groups in total. The van der Waals surface area contributed by atoms with Gasteiger partial charge in [-0.2, -0.15) is 5.10 Å². The number of halogens is 3. The molecule has 0 fully saturated rings. The second-order valence-electron chi connectivity index (χ2n) is 7.22. The van der Waals surface area contributed by atoms with Crippen LogP contribution in [-0.2, 0) is 16.6 Å². The molecule has 0 radical (unpaired) electrons. The Morgan fingerprint density at radius 2 is 1.94 bits per heavy atom. The van der Waals surface area contributed by atoms with E-state index in [1.54, 1.807) is 0 Å². The van der Waals surface area contributed by atoms with E-state index < -0.39 is 27.6 Å². The molecule has 14 heteroatoms. The first-order chi connectivity index (χ1) is 16.6. The number of carbonyl (C=O) groups excluding carboxylic acids is 1. The Morgan fingerprint density at radius 1 is 1.17 bits per heavy atom. The largest absolute Gasteiger partial charge is 0.483 e. The normalized spacial score (nSPS) is 11.3. The van der Waals surface area contributed by atoms with Gasteiger partial charge in [0.25, 0.3) is 5.91 Å². The molecule has 0 aliphatic carbocycles. The molecule has 182 valence electrons. The summed E-state index contributed by atoms with van der Waals surface area (Å²) in [5.74, 6) is -2.34. The SMILES string of the molecule is CS(=O)(=O)Nc1cc(Cl)cc(NC(=O)c2cnn(-c3c(F)cc(F)cc3OCc3cnco3)c2)c1. The molecule has 0 spiro atoms. The van der Waals surface area contributed by atoms with Crippen LogP contribution in [0.15, 0.2) is 59.7 Å². The molecule has 0 aliphatic heterocycles. The summed E-state index contributed by atoms with van der Waals surface area (Å²) < 4.78 is 65.2. The number of carbonyl (C=O) groups is 1. The zero-order valence-electron chi connectivity index (χ0n) is 17.8. The number of hydrogen-bond donors (Lipinski definition) is 2. The van der Waals surface area contributed by atoms with Crippen LogP contribution in [0.4, 0.5) is 20.2 Å². The minimum Gasteiger partial charge on any atom is -0.483 e. The molecular formula is C21H16ClF2N5O5S. The lowest BCUT2D eigenvalue weighted by atomic mass is 10.2. The van der Waals surface area contributed by atoms with E-state index in [0.717, 1.165) is 17.0 Å². The van der Waals surface area contributed by atoms with E-state index in [1.807, 2.05) is 0 Å². The van der Waals surface area contributed by atoms with Crippen LogP contribution in [0.2, 0.25) is 5.02 Å². The highest BCUT2D eigenvalue weighted by atomic mass is 35.5. The van der Waals surface area contributed by atoms with Crippen LogP contribution in [0, 0.1) is 11.6 Å². The lowest BCUT2D eigenvalue weighted by Crippen LogP contribution is -2.13. The highest BCUT2D eigenvalue weighted by molar-refractivity contribution is 7.92. The first-order valence-electron chi connectivity index (χ1n) is 9.71. The van der Waals surface area contributed by atoms with Gasteiger partial charge in [0.15, 0.2) is 23.7 Å². The van der Waals surface area contributed by atoms with E-state index in [1.165, 1.54) is 43.2 Å². The number of nitrogens with one attached hydrogen (secondary N) is 2. The third-order valence-electron chi connectivity index (χ3n) is 4.38. The number of oxazole rings is 1. The monoisotopic (exact) mass is 523 g/mol. The molecule has 2 aromatic carbocycles. The highest BCUT2D eigenvalue weighted by Gasteiger charge is 2.19. The first-order valence-corrected chi connectivity index (χ1v) is 12.0. The van der Waals surface area contributed by atoms with Gasteiger partial charge >= 0.3 is 0 Å². The summed E-state index contributed by atoms with van der Waals surface area (Å²) in [4.78, 5) is 16.5. The van der Waals surface area contributed by atoms with Gasteiger partial charge in [-0.25, -0.2) is 26.9 Å². The van der Waals surface area contributed by atoms with Crippen molar-refractivity contribution in [1.29, 1.82) is 0 Å². The number of sulfonamides is 1. The number of amides is 1. The molecule has 10 nitrogen and oxygen atoms in total. The van der Waals surface area contributed by atoms with Crippen molar-refractivity contribution in [2.75, 3.05) is 16.3 Å². The Hall–Kier alpha value is -3.97. The third kappa shape index (κ3) is 6.13. The van der Waals surface area contributed by atoms with Gasteiger partial charge in [0.1, 0.15) is 18.1 Å². The molecule has 4 aromatic rings. The van der Waals surface area contributed by atoms with Crippen LogP contribution in [-0.4, -0.2) is 35.3 Å². The van der Waals surface area contributed by atoms with Crippen molar-refractivity contribution in [3.05, 3.63) is 83.3 Å². The fourth-order valence-electron chi connectivity index (χ4n) is 3.04. The molecule has 35 heavy (non-hydrogen) atoms. The maximum atomic E-state index is 14.7. The minimum absolute atomic E-state index is 0.0208. The van der Waals surface area contributed by atoms with Gasteiger partial charge in [-0.15, -0.1) is 0 Å². The second-order valence-corrected chi connectivity index (χ2v) is 9.41. The number of ether oxygens (including phenoxy) is 1. The summed E-state index contributed by atoms with van der Waals surface area (Å²) in [5, 5.41) is 6.72. The van der Waals surface area contributed by atoms with E-state index in [2.05, 4.69) is 20.1 Å². The standard InChI is InChI=1S/C21H16ClF2N5O5S/c1-35(31,32)28-16-3-13(22)2-15(6-16)27-21(30)12-7-26-29(9-12)20-18(24)4-14(23)5-19(20)33-10-17-8-25-11-34-17/h2-9,11,28H,10H2,1H3,(H,27,30). The maximum absolute atomic E-state index is 14.7. The Bertz CT molecular complexity index is 1490. The van der Waals surface area contributed by atoms with Crippen LogP contribution in [0.3, 0.4) is 0 Å². The van der Waals surface area contributed by atoms with Crippen LogP contribution < -0.4 is 14.8 Å². The summed E-state index contributed by atoms with van der Waals surface area (Å²) in [6, 6.07) is 5.77. The average Bonchev–Trinajstić information content (AvgIpc) is 3.42. The Morgan fingerprint density at radius 3 is 2.66 bits per heavy atom. The number of aromatic nitrogens is 3. The second kappa shape index (κ2) is 9.72. The van der Waals surface area contributed by atoms with Gasteiger partial charge in [0.2, 0.25) is 10.0 Å². The number of anilines is 2. The zero-order chi connectivity index (χ0) is 25.2. The summed E-state index contributed by atoms with van der Waals surface area (Å²) >= 11 is 6.01. The van der Waals surface area contributed by atoms with Crippen molar-refractivity contribution in [3.63, 3.8) is 0 Å². The molecule has 0 saturated heterocycles. The molecule has 2 aromatic heterocycles. The van der Waals surface area contributed by atoms with Crippen molar-refractivity contribution < 1.29 is 31.1 Å². The number of nitrogens with zero attached hydrogens (tertiary/aromatic N) is 3. The van der Waals surface area contributed by atoms with Crippen molar-refractivity contribution in [1.82, 2.24) is 14.8 Å². The van der Waals surface area contributed by atoms with E-state index in [0.29, 0.717) is 11.8 Å². The molecule has 0 unspecified atom stereocenters. The van der Waals surface area contributed by atoms with E-state index >= 15 is 0 Å². The quantitative estimate of drug-likeness (QED) is 0.357. The summed E-state index contributed by atoms with van der Waals surface area (Å²) in [5.41, 5.74) is 0.137. The molecule has 0 aliphatic rings. The Labute approximate surface area is 202 Å². The van der Waals surface area contributed by atoms with Crippen LogP contribution in [0.1, 0.15) is 16.1 Å². The van der Waals surface area contributed by atoms with Gasteiger partial charge in [0, 0.05) is 29.0 Å². The van der Waals surface area contributed by atoms with Gasteiger partial charge in [-0.05, 0) is 18.2 Å². The average molecular weight is 524 g/mol. The number of hydrogen-bond acceptors (Lipinski definition) is 7. The van der Waals surface area contributed by atoms with Crippen LogP contribution in [0.25, 0.3) is 5.69 Å². The van der Waals surface area contributed by atoms with Crippen molar-refractivity contribution in [3.8, 4) is 11.4 Å². The smallest absolute Gasteiger partial charge is 0.258 e.